The third-order valence-corrected chi connectivity index (χ3v) is 12.0. The number of aromatic nitrogens is 1. The van der Waals surface area contributed by atoms with Crippen LogP contribution in [0.3, 0.4) is 0 Å². The molecule has 1 aromatic heterocycles. The van der Waals surface area contributed by atoms with Crippen molar-refractivity contribution in [3.63, 3.8) is 0 Å². The molecule has 0 unspecified atom stereocenters. The lowest BCUT2D eigenvalue weighted by Gasteiger charge is -2.53. The van der Waals surface area contributed by atoms with Crippen LogP contribution in [0.5, 0.6) is 0 Å². The van der Waals surface area contributed by atoms with Crippen molar-refractivity contribution in [2.24, 2.45) is 23.2 Å². The first-order chi connectivity index (χ1) is 17.5. The van der Waals surface area contributed by atoms with Crippen LogP contribution in [0, 0.1) is 23.2 Å². The van der Waals surface area contributed by atoms with Crippen LogP contribution in [0.15, 0.2) is 29.2 Å². The number of thiazole rings is 1. The number of fused-ring (bicyclic) bond motifs is 2. The van der Waals surface area contributed by atoms with Crippen molar-refractivity contribution >= 4 is 38.7 Å². The molecular formula is C27H35ClN2O5S2. The number of benzene rings is 1. The minimum absolute atomic E-state index is 0.0273. The molecule has 3 aliphatic rings. The second-order valence-corrected chi connectivity index (χ2v) is 14.8. The molecule has 7 nitrogen and oxygen atoms in total. The Kier molecular flexibility index (Phi) is 7.48. The van der Waals surface area contributed by atoms with E-state index in [1.165, 1.54) is 23.5 Å². The number of hydrogen-bond acceptors (Lipinski definition) is 7. The highest BCUT2D eigenvalue weighted by Crippen LogP contribution is 2.57. The Morgan fingerprint density at radius 2 is 1.97 bits per heavy atom. The molecule has 2 aromatic rings. The molecule has 5 rings (SSSR count). The Hall–Kier alpha value is -1.52. The van der Waals surface area contributed by atoms with Crippen LogP contribution in [-0.4, -0.2) is 61.7 Å². The summed E-state index contributed by atoms with van der Waals surface area (Å²) in [6.07, 6.45) is 1.86. The Labute approximate surface area is 228 Å². The van der Waals surface area contributed by atoms with Crippen molar-refractivity contribution in [1.29, 1.82) is 0 Å². The molecule has 2 fully saturated rings. The van der Waals surface area contributed by atoms with Gasteiger partial charge in [-0.25, -0.2) is 13.4 Å². The van der Waals surface area contributed by atoms with Gasteiger partial charge in [-0.05, 0) is 60.8 Å². The van der Waals surface area contributed by atoms with E-state index in [1.54, 1.807) is 12.1 Å². The van der Waals surface area contributed by atoms with Gasteiger partial charge in [0.25, 0.3) is 0 Å². The molecule has 0 spiro atoms. The zero-order valence-electron chi connectivity index (χ0n) is 21.5. The van der Waals surface area contributed by atoms with E-state index in [4.69, 9.17) is 21.3 Å². The number of aliphatic hydroxyl groups excluding tert-OH is 1. The summed E-state index contributed by atoms with van der Waals surface area (Å²) in [5, 5.41) is 12.8. The molecule has 1 saturated carbocycles. The molecule has 1 N–H and O–H groups in total. The zero-order valence-corrected chi connectivity index (χ0v) is 23.9. The highest BCUT2D eigenvalue weighted by molar-refractivity contribution is 7.90. The normalized spacial score (nSPS) is 30.9. The monoisotopic (exact) mass is 566 g/mol. The van der Waals surface area contributed by atoms with Crippen molar-refractivity contribution in [3.8, 4) is 0 Å². The summed E-state index contributed by atoms with van der Waals surface area (Å²) < 4.78 is 31.4. The fourth-order valence-corrected chi connectivity index (χ4v) is 9.90. The number of carbonyl (C=O) groups is 1. The molecule has 0 radical (unpaired) electrons. The first-order valence-corrected chi connectivity index (χ1v) is 15.9. The molecule has 2 aliphatic carbocycles. The summed E-state index contributed by atoms with van der Waals surface area (Å²) >= 11 is 7.41. The number of amides is 1. The van der Waals surface area contributed by atoms with E-state index in [1.807, 2.05) is 11.8 Å². The number of hydrogen-bond donors (Lipinski definition) is 1. The van der Waals surface area contributed by atoms with Crippen LogP contribution in [-0.2, 0) is 31.5 Å². The molecule has 1 aromatic carbocycles. The molecule has 0 bridgehead atoms. The van der Waals surface area contributed by atoms with Crippen LogP contribution >= 0.6 is 22.9 Å². The van der Waals surface area contributed by atoms with Crippen LogP contribution in [0.4, 0.5) is 0 Å². The fourth-order valence-electron chi connectivity index (χ4n) is 6.80. The topological polar surface area (TPSA) is 96.8 Å². The van der Waals surface area contributed by atoms with E-state index >= 15 is 0 Å². The fraction of sp³-hybridized carbons (Fsp3) is 0.630. The van der Waals surface area contributed by atoms with Gasteiger partial charge in [-0.1, -0.05) is 32.4 Å². The second-order valence-electron chi connectivity index (χ2n) is 11.2. The maximum atomic E-state index is 13.2. The quantitative estimate of drug-likeness (QED) is 0.579. The average molecular weight is 567 g/mol. The number of nitrogens with zero attached hydrogens (tertiary/aromatic N) is 2. The van der Waals surface area contributed by atoms with Crippen molar-refractivity contribution in [2.75, 3.05) is 26.3 Å². The van der Waals surface area contributed by atoms with Crippen molar-refractivity contribution in [2.45, 2.75) is 62.7 Å². The first kappa shape index (κ1) is 27.1. The third-order valence-electron chi connectivity index (χ3n) is 8.81. The SMILES string of the molecule is C[C@H](C(=O)N1CCOCC1)[C@@H]1CC[C@@]2(C)Cc3sc(CS(=O)(=O)c4ccc(Cl)cc4)nc3[C@@H](C)[C@@H]2[C@H]1O. The number of halogens is 1. The molecule has 6 atom stereocenters. The zero-order chi connectivity index (χ0) is 26.5. The Morgan fingerprint density at radius 1 is 1.30 bits per heavy atom. The minimum atomic E-state index is -3.55. The van der Waals surface area contributed by atoms with Gasteiger partial charge in [0.1, 0.15) is 10.8 Å². The van der Waals surface area contributed by atoms with Crippen LogP contribution in [0.2, 0.25) is 5.02 Å². The van der Waals surface area contributed by atoms with Gasteiger partial charge in [0.15, 0.2) is 9.84 Å². The average Bonchev–Trinajstić information content (AvgIpc) is 3.25. The number of carbonyl (C=O) groups excluding carboxylic acids is 1. The molecule has 2 heterocycles. The molecular weight excluding hydrogens is 532 g/mol. The third kappa shape index (κ3) is 5.10. The minimum Gasteiger partial charge on any atom is -0.392 e. The van der Waals surface area contributed by atoms with E-state index in [9.17, 15) is 18.3 Å². The van der Waals surface area contributed by atoms with Crippen molar-refractivity contribution < 1.29 is 23.1 Å². The van der Waals surface area contributed by atoms with Gasteiger partial charge in [0.2, 0.25) is 5.91 Å². The maximum absolute atomic E-state index is 13.2. The van der Waals surface area contributed by atoms with E-state index in [2.05, 4.69) is 13.8 Å². The molecule has 1 aliphatic heterocycles. The lowest BCUT2D eigenvalue weighted by molar-refractivity contribution is -0.148. The number of rotatable bonds is 5. The molecule has 10 heteroatoms. The van der Waals surface area contributed by atoms with E-state index < -0.39 is 15.9 Å². The summed E-state index contributed by atoms with van der Waals surface area (Å²) in [6.45, 7) is 8.61. The predicted molar refractivity (Wildman–Crippen MR) is 143 cm³/mol. The van der Waals surface area contributed by atoms with Gasteiger partial charge in [-0.3, -0.25) is 4.79 Å². The van der Waals surface area contributed by atoms with Gasteiger partial charge in [0, 0.05) is 34.8 Å². The van der Waals surface area contributed by atoms with Gasteiger partial charge in [-0.15, -0.1) is 11.3 Å². The lowest BCUT2D eigenvalue weighted by atomic mass is 9.53. The van der Waals surface area contributed by atoms with E-state index in [-0.39, 0.29) is 45.6 Å². The predicted octanol–water partition coefficient (Wildman–Crippen LogP) is 4.32. The Morgan fingerprint density at radius 3 is 2.65 bits per heavy atom. The summed E-state index contributed by atoms with van der Waals surface area (Å²) in [5.41, 5.74) is 0.781. The summed E-state index contributed by atoms with van der Waals surface area (Å²) in [6, 6.07) is 6.22. The van der Waals surface area contributed by atoms with Gasteiger partial charge in [0.05, 0.1) is 29.9 Å². The maximum Gasteiger partial charge on any atom is 0.225 e. The molecule has 1 amide bonds. The summed E-state index contributed by atoms with van der Waals surface area (Å²) in [5.74, 6) is -0.496. The van der Waals surface area contributed by atoms with Gasteiger partial charge < -0.3 is 14.7 Å². The number of aliphatic hydroxyl groups is 1. The Bertz CT molecular complexity index is 1260. The smallest absolute Gasteiger partial charge is 0.225 e. The van der Waals surface area contributed by atoms with Crippen LogP contribution < -0.4 is 0 Å². The lowest BCUT2D eigenvalue weighted by Crippen LogP contribution is -2.54. The summed E-state index contributed by atoms with van der Waals surface area (Å²) in [4.78, 5) is 21.2. The molecule has 37 heavy (non-hydrogen) atoms. The largest absolute Gasteiger partial charge is 0.392 e. The van der Waals surface area contributed by atoms with E-state index in [0.717, 1.165) is 29.8 Å². The number of morpholine rings is 1. The Balaban J connectivity index is 1.36. The van der Waals surface area contributed by atoms with Gasteiger partial charge >= 0.3 is 0 Å². The van der Waals surface area contributed by atoms with Crippen LogP contribution in [0.25, 0.3) is 0 Å². The van der Waals surface area contributed by atoms with Gasteiger partial charge in [-0.2, -0.15) is 0 Å². The summed E-state index contributed by atoms with van der Waals surface area (Å²) in [7, 11) is -3.55. The van der Waals surface area contributed by atoms with Crippen molar-refractivity contribution in [3.05, 3.63) is 44.9 Å². The number of sulfone groups is 1. The standard InChI is InChI=1S/C27H35ClN2O5S2/c1-16(26(32)30-10-12-35-13-11-30)20-8-9-27(3)14-21-24(17(2)23(27)25(20)31)29-22(36-21)15-37(33,34)19-6-4-18(28)5-7-19/h4-7,16-17,20,23,25,31H,8-15H2,1-3H3/t16-,17-,20-,23+,25-,27-/m0/s1. The van der Waals surface area contributed by atoms with Crippen LogP contribution in [0.1, 0.15) is 55.1 Å². The molecule has 1 saturated heterocycles. The molecule has 202 valence electrons. The van der Waals surface area contributed by atoms with Crippen molar-refractivity contribution in [1.82, 2.24) is 9.88 Å². The van der Waals surface area contributed by atoms with E-state index in [0.29, 0.717) is 36.3 Å². The highest BCUT2D eigenvalue weighted by Gasteiger charge is 2.54. The second kappa shape index (κ2) is 10.2. The highest BCUT2D eigenvalue weighted by atomic mass is 35.5. The first-order valence-electron chi connectivity index (χ1n) is 13.0. The number of ether oxygens (including phenoxy) is 1.